The van der Waals surface area contributed by atoms with Crippen LogP contribution in [0.25, 0.3) is 0 Å². The van der Waals surface area contributed by atoms with Gasteiger partial charge in [-0.2, -0.15) is 0 Å². The van der Waals surface area contributed by atoms with Crippen molar-refractivity contribution in [2.75, 3.05) is 6.61 Å². The molecule has 212 valence electrons. The molecule has 2 unspecified atom stereocenters. The van der Waals surface area contributed by atoms with Gasteiger partial charge < -0.3 is 29.0 Å². The van der Waals surface area contributed by atoms with E-state index in [1.807, 2.05) is 13.8 Å². The van der Waals surface area contributed by atoms with E-state index in [9.17, 15) is 24.0 Å². The van der Waals surface area contributed by atoms with Gasteiger partial charge >= 0.3 is 23.9 Å². The molecule has 0 spiro atoms. The summed E-state index contributed by atoms with van der Waals surface area (Å²) in [5.74, 6) is -2.60. The molecule has 1 heterocycles. The quantitative estimate of drug-likeness (QED) is 0.173. The van der Waals surface area contributed by atoms with Crippen molar-refractivity contribution in [2.24, 2.45) is 0 Å². The molecule has 1 aliphatic rings. The van der Waals surface area contributed by atoms with Crippen LogP contribution in [-0.4, -0.2) is 67.0 Å². The van der Waals surface area contributed by atoms with Crippen LogP contribution in [-0.2, 0) is 47.7 Å². The third-order valence-electron chi connectivity index (χ3n) is 5.46. The second-order valence-corrected chi connectivity index (χ2v) is 8.97. The Morgan fingerprint density at radius 1 is 0.622 bits per heavy atom. The number of hydrogen-bond donors (Lipinski definition) is 1. The van der Waals surface area contributed by atoms with Crippen LogP contribution in [0.15, 0.2) is 0 Å². The summed E-state index contributed by atoms with van der Waals surface area (Å²) in [6.45, 7) is 8.72. The van der Waals surface area contributed by atoms with Gasteiger partial charge in [0.1, 0.15) is 18.8 Å². The zero-order chi connectivity index (χ0) is 27.8. The number of carbonyl (C=O) groups excluding carboxylic acids is 5. The summed E-state index contributed by atoms with van der Waals surface area (Å²) < 4.78 is 28.2. The Labute approximate surface area is 219 Å². The van der Waals surface area contributed by atoms with E-state index in [-0.39, 0.29) is 44.6 Å². The highest BCUT2D eigenvalue weighted by Crippen LogP contribution is 2.29. The number of rotatable bonds is 16. The summed E-state index contributed by atoms with van der Waals surface area (Å²) in [4.78, 5) is 62.2. The molecule has 0 radical (unpaired) electrons. The van der Waals surface area contributed by atoms with E-state index in [2.05, 4.69) is 5.32 Å². The van der Waals surface area contributed by atoms with Crippen molar-refractivity contribution in [3.05, 3.63) is 0 Å². The van der Waals surface area contributed by atoms with Gasteiger partial charge in [-0.1, -0.05) is 34.6 Å². The van der Waals surface area contributed by atoms with Gasteiger partial charge in [0.2, 0.25) is 12.2 Å². The van der Waals surface area contributed by atoms with Crippen LogP contribution in [0.3, 0.4) is 0 Å². The largest absolute Gasteiger partial charge is 0.463 e. The molecule has 1 N–H and O–H groups in total. The first-order valence-electron chi connectivity index (χ1n) is 13.4. The van der Waals surface area contributed by atoms with Crippen LogP contribution in [0.2, 0.25) is 0 Å². The Balaban J connectivity index is 3.45. The molecule has 1 fully saturated rings. The molecule has 1 saturated heterocycles. The first kappa shape index (κ1) is 32.3. The maximum atomic E-state index is 12.6. The Morgan fingerprint density at radius 2 is 1.08 bits per heavy atom. The van der Waals surface area contributed by atoms with Gasteiger partial charge in [0.05, 0.1) is 0 Å². The second kappa shape index (κ2) is 17.7. The molecule has 1 rings (SSSR count). The molecule has 0 aliphatic carbocycles. The number of ether oxygens (including phenoxy) is 5. The van der Waals surface area contributed by atoms with E-state index in [0.717, 1.165) is 0 Å². The van der Waals surface area contributed by atoms with Crippen LogP contribution < -0.4 is 5.32 Å². The van der Waals surface area contributed by atoms with Crippen molar-refractivity contribution >= 4 is 29.8 Å². The molecule has 0 bridgehead atoms. The Bertz CT molecular complexity index is 756. The topological polar surface area (TPSA) is 144 Å². The molecule has 37 heavy (non-hydrogen) atoms. The minimum atomic E-state index is -1.37. The average molecular weight is 550 g/mol. The lowest BCUT2D eigenvalue weighted by molar-refractivity contribution is -0.272. The minimum absolute atomic E-state index is 0.0824. The fraction of sp³-hybridized carbons (Fsp3) is 0.808. The maximum absolute atomic E-state index is 12.6. The lowest BCUT2D eigenvalue weighted by atomic mass is 10.0. The first-order valence-corrected chi connectivity index (χ1v) is 13.4. The highest BCUT2D eigenvalue weighted by Gasteiger charge is 2.52. The van der Waals surface area contributed by atoms with Gasteiger partial charge in [-0.15, -0.1) is 0 Å². The van der Waals surface area contributed by atoms with Crippen molar-refractivity contribution in [2.45, 2.75) is 129 Å². The molecular formula is C26H43NO10. The van der Waals surface area contributed by atoms with Crippen molar-refractivity contribution in [3.63, 3.8) is 0 Å². The SMILES string of the molecule is CCCC(=[18O])N[C@H]1C([18O]C(=[18O])CCC)[18O][C@H](C[18O]C(=[18O])CCC)[C@@H]([18O]C(=[18O])CCC)C1[18O]C(=[18O])CCC. The fourth-order valence-corrected chi connectivity index (χ4v) is 3.73. The summed E-state index contributed by atoms with van der Waals surface area (Å²) in [5.41, 5.74) is 0. The van der Waals surface area contributed by atoms with Gasteiger partial charge in [-0.3, -0.25) is 24.0 Å². The van der Waals surface area contributed by atoms with E-state index in [4.69, 9.17) is 23.7 Å². The lowest BCUT2D eigenvalue weighted by Crippen LogP contribution is -2.67. The molecule has 11 nitrogen and oxygen atoms in total. The lowest BCUT2D eigenvalue weighted by Gasteiger charge is -2.44. The molecule has 5 atom stereocenters. The van der Waals surface area contributed by atoms with Crippen LogP contribution >= 0.6 is 0 Å². The Morgan fingerprint density at radius 3 is 1.59 bits per heavy atom. The summed E-state index contributed by atoms with van der Waals surface area (Å²) in [5, 5.41) is 2.74. The highest BCUT2D eigenvalue weighted by atomic mass is 18.5. The standard InChI is InChI=1S/C26H43NO10/c1-6-11-18(28)27-23-25(36-21(31)14-9-4)24(35-20(30)13-8-3)17(16-33-19(29)12-7-2)34-26(23)37-22(32)15-10-5/h17,23-26H,6-16H2,1-5H3,(H,27,28)/t17-,23-,24-,25?,26?/m1/s1/i28+2,29+2,30+2,31+2,32+2,33+2,34+2,35+2,36+2,37+2. The third kappa shape index (κ3) is 11.5. The average Bonchev–Trinajstić information content (AvgIpc) is 2.82. The maximum Gasteiger partial charge on any atom is 0.308 e. The van der Waals surface area contributed by atoms with E-state index in [0.29, 0.717) is 32.1 Å². The van der Waals surface area contributed by atoms with Crippen molar-refractivity contribution in [1.82, 2.24) is 5.32 Å². The molecule has 1 aliphatic heterocycles. The van der Waals surface area contributed by atoms with Crippen molar-refractivity contribution in [3.8, 4) is 0 Å². The highest BCUT2D eigenvalue weighted by molar-refractivity contribution is 5.77. The predicted molar refractivity (Wildman–Crippen MR) is 132 cm³/mol. The van der Waals surface area contributed by atoms with Crippen LogP contribution in [0.1, 0.15) is 98.8 Å². The van der Waals surface area contributed by atoms with Gasteiger partial charge in [0.25, 0.3) is 0 Å². The van der Waals surface area contributed by atoms with Gasteiger partial charge in [-0.05, 0) is 32.1 Å². The van der Waals surface area contributed by atoms with E-state index in [1.54, 1.807) is 20.8 Å². The smallest absolute Gasteiger partial charge is 0.308 e. The zero-order valence-corrected chi connectivity index (χ0v) is 22.7. The summed E-state index contributed by atoms with van der Waals surface area (Å²) >= 11 is 0. The molecule has 11 heteroatoms. The third-order valence-corrected chi connectivity index (χ3v) is 5.46. The normalized spacial score (nSPS) is 23.0. The van der Waals surface area contributed by atoms with Crippen LogP contribution in [0.5, 0.6) is 0 Å². The number of esters is 4. The van der Waals surface area contributed by atoms with Gasteiger partial charge in [0.15, 0.2) is 12.2 Å². The molecule has 0 saturated carbocycles. The molecular weight excluding hydrogens is 506 g/mol. The Kier molecular flexibility index (Phi) is 15.5. The van der Waals surface area contributed by atoms with E-state index >= 15 is 0 Å². The fourth-order valence-electron chi connectivity index (χ4n) is 3.73. The van der Waals surface area contributed by atoms with Crippen LogP contribution in [0.4, 0.5) is 0 Å². The Hall–Kier alpha value is -2.69. The van der Waals surface area contributed by atoms with Crippen molar-refractivity contribution in [1.29, 1.82) is 0 Å². The molecule has 1 amide bonds. The number of nitrogens with one attached hydrogen (secondary N) is 1. The molecule has 0 aromatic heterocycles. The van der Waals surface area contributed by atoms with Gasteiger partial charge in [-0.25, -0.2) is 0 Å². The van der Waals surface area contributed by atoms with E-state index < -0.39 is 54.5 Å². The van der Waals surface area contributed by atoms with Gasteiger partial charge in [0, 0.05) is 32.1 Å². The van der Waals surface area contributed by atoms with Crippen LogP contribution in [0, 0.1) is 0 Å². The molecule has 0 aromatic carbocycles. The summed E-state index contributed by atoms with van der Waals surface area (Å²) in [6.07, 6.45) is -1.68. The predicted octanol–water partition coefficient (Wildman–Crippen LogP) is 3.11. The van der Waals surface area contributed by atoms with Crippen molar-refractivity contribution < 1.29 is 47.7 Å². The zero-order valence-electron chi connectivity index (χ0n) is 22.7. The number of hydrogen-bond acceptors (Lipinski definition) is 10. The second-order valence-electron chi connectivity index (χ2n) is 8.97. The number of amides is 1. The summed E-state index contributed by atoms with van der Waals surface area (Å²) in [7, 11) is 0. The first-order chi connectivity index (χ1) is 17.7. The monoisotopic (exact) mass is 549 g/mol. The minimum Gasteiger partial charge on any atom is -0.463 e. The number of carbonyl (C=O) groups is 5. The molecule has 0 aromatic rings. The summed E-state index contributed by atoms with van der Waals surface area (Å²) in [6, 6.07) is -1.15. The van der Waals surface area contributed by atoms with E-state index in [1.165, 1.54) is 0 Å².